The highest BCUT2D eigenvalue weighted by molar-refractivity contribution is 5.43. The lowest BCUT2D eigenvalue weighted by atomic mass is 10.3. The fourth-order valence-corrected chi connectivity index (χ4v) is 1.52. The summed E-state index contributed by atoms with van der Waals surface area (Å²) >= 11 is 0. The van der Waals surface area contributed by atoms with Crippen LogP contribution in [0, 0.1) is 0 Å². The number of nitrogens with one attached hydrogen (secondary N) is 3. The van der Waals surface area contributed by atoms with Crippen LogP contribution < -0.4 is 11.0 Å². The maximum atomic E-state index is 11.4. The Morgan fingerprint density at radius 1 is 1.39 bits per heavy atom. The topological polar surface area (TPSA) is 130 Å². The van der Waals surface area contributed by atoms with Gasteiger partial charge in [0, 0.05) is 0 Å². The molecular weight excluding hydrogens is 238 g/mol. The van der Waals surface area contributed by atoms with Crippen molar-refractivity contribution in [2.24, 2.45) is 0 Å². The number of nitrogens with zero attached hydrogens (tertiary/aromatic N) is 6. The molecular formula is C8H9N9O. The van der Waals surface area contributed by atoms with Gasteiger partial charge in [-0.15, -0.1) is 15.3 Å². The third kappa shape index (κ3) is 1.69. The van der Waals surface area contributed by atoms with Crippen molar-refractivity contribution >= 4 is 11.5 Å². The number of tetrazole rings is 1. The second-order valence-electron chi connectivity index (χ2n) is 3.65. The quantitative estimate of drug-likeness (QED) is 0.547. The number of anilines is 1. The SMILES string of the molecule is CC(Nc1ccc2n[nH]c(=O)n2n1)c1nn[nH]n1. The molecule has 0 aliphatic heterocycles. The Morgan fingerprint density at radius 2 is 2.28 bits per heavy atom. The fraction of sp³-hybridized carbons (Fsp3) is 0.250. The molecule has 3 heterocycles. The normalized spacial score (nSPS) is 12.7. The van der Waals surface area contributed by atoms with E-state index in [1.54, 1.807) is 12.1 Å². The van der Waals surface area contributed by atoms with Gasteiger partial charge in [-0.3, -0.25) is 0 Å². The molecule has 0 radical (unpaired) electrons. The van der Waals surface area contributed by atoms with Crippen LogP contribution in [0.25, 0.3) is 5.65 Å². The van der Waals surface area contributed by atoms with E-state index in [4.69, 9.17) is 0 Å². The molecule has 3 aromatic rings. The van der Waals surface area contributed by atoms with Gasteiger partial charge >= 0.3 is 5.69 Å². The Bertz CT molecular complexity index is 712. The van der Waals surface area contributed by atoms with Gasteiger partial charge in [0.15, 0.2) is 11.5 Å². The molecule has 92 valence electrons. The highest BCUT2D eigenvalue weighted by Crippen LogP contribution is 2.12. The Morgan fingerprint density at radius 3 is 3.06 bits per heavy atom. The van der Waals surface area contributed by atoms with E-state index in [9.17, 15) is 4.79 Å². The lowest BCUT2D eigenvalue weighted by Crippen LogP contribution is -2.15. The van der Waals surface area contributed by atoms with E-state index in [2.05, 4.69) is 41.2 Å². The Hall–Kier alpha value is -2.78. The Balaban J connectivity index is 1.90. The summed E-state index contributed by atoms with van der Waals surface area (Å²) in [7, 11) is 0. The average molecular weight is 247 g/mol. The predicted octanol–water partition coefficient (Wildman–Crippen LogP) is -0.896. The molecule has 3 N–H and O–H groups in total. The van der Waals surface area contributed by atoms with Gasteiger partial charge in [0.05, 0.1) is 6.04 Å². The van der Waals surface area contributed by atoms with Crippen LogP contribution in [0.2, 0.25) is 0 Å². The van der Waals surface area contributed by atoms with Crippen molar-refractivity contribution in [1.29, 1.82) is 0 Å². The predicted molar refractivity (Wildman–Crippen MR) is 59.8 cm³/mol. The van der Waals surface area contributed by atoms with Gasteiger partial charge in [-0.05, 0) is 19.1 Å². The molecule has 0 bridgehead atoms. The molecule has 18 heavy (non-hydrogen) atoms. The molecule has 3 aromatic heterocycles. The van der Waals surface area contributed by atoms with Crippen LogP contribution in [-0.4, -0.2) is 40.4 Å². The number of hydrogen-bond donors (Lipinski definition) is 3. The van der Waals surface area contributed by atoms with E-state index in [-0.39, 0.29) is 11.7 Å². The molecule has 0 spiro atoms. The first-order valence-electron chi connectivity index (χ1n) is 5.18. The standard InChI is InChI=1S/C8H9N9O/c1-4(7-11-15-16-12-7)9-5-2-3-6-10-13-8(18)17(6)14-5/h2-4H,1H3,(H,9,14)(H,13,18)(H,11,12,15,16). The van der Waals surface area contributed by atoms with Gasteiger partial charge < -0.3 is 5.32 Å². The van der Waals surface area contributed by atoms with E-state index in [0.717, 1.165) is 0 Å². The molecule has 0 aromatic carbocycles. The zero-order chi connectivity index (χ0) is 12.5. The summed E-state index contributed by atoms with van der Waals surface area (Å²) < 4.78 is 1.17. The minimum Gasteiger partial charge on any atom is -0.359 e. The number of fused-ring (bicyclic) bond motifs is 1. The third-order valence-corrected chi connectivity index (χ3v) is 2.39. The van der Waals surface area contributed by atoms with Gasteiger partial charge in [0.2, 0.25) is 0 Å². The van der Waals surface area contributed by atoms with Crippen LogP contribution in [0.1, 0.15) is 18.8 Å². The fourth-order valence-electron chi connectivity index (χ4n) is 1.52. The number of H-pyrrole nitrogens is 2. The van der Waals surface area contributed by atoms with Crippen molar-refractivity contribution in [3.63, 3.8) is 0 Å². The van der Waals surface area contributed by atoms with Crippen LogP contribution in [0.4, 0.5) is 5.82 Å². The van der Waals surface area contributed by atoms with Crippen molar-refractivity contribution < 1.29 is 0 Å². The summed E-state index contributed by atoms with van der Waals surface area (Å²) in [6.45, 7) is 1.86. The Labute approximate surface area is 99.4 Å². The molecule has 1 unspecified atom stereocenters. The van der Waals surface area contributed by atoms with Gasteiger partial charge in [-0.1, -0.05) is 5.21 Å². The summed E-state index contributed by atoms with van der Waals surface area (Å²) in [6.07, 6.45) is 0. The van der Waals surface area contributed by atoms with Crippen molar-refractivity contribution in [3.05, 3.63) is 28.4 Å². The number of aromatic amines is 2. The monoisotopic (exact) mass is 247 g/mol. The van der Waals surface area contributed by atoms with Crippen LogP contribution in [0.3, 0.4) is 0 Å². The third-order valence-electron chi connectivity index (χ3n) is 2.39. The maximum absolute atomic E-state index is 11.4. The zero-order valence-corrected chi connectivity index (χ0v) is 9.32. The smallest absolute Gasteiger partial charge is 0.359 e. The van der Waals surface area contributed by atoms with Gasteiger partial charge in [-0.2, -0.15) is 14.8 Å². The van der Waals surface area contributed by atoms with Gasteiger partial charge in [0.25, 0.3) is 0 Å². The highest BCUT2D eigenvalue weighted by Gasteiger charge is 2.11. The van der Waals surface area contributed by atoms with Crippen LogP contribution in [0.5, 0.6) is 0 Å². The second kappa shape index (κ2) is 3.91. The largest absolute Gasteiger partial charge is 0.364 e. The first kappa shape index (κ1) is 10.4. The molecule has 0 aliphatic rings. The zero-order valence-electron chi connectivity index (χ0n) is 9.32. The van der Waals surface area contributed by atoms with Crippen LogP contribution >= 0.6 is 0 Å². The molecule has 10 nitrogen and oxygen atoms in total. The summed E-state index contributed by atoms with van der Waals surface area (Å²) in [5.41, 5.74) is 0.0682. The Kier molecular flexibility index (Phi) is 2.25. The average Bonchev–Trinajstić information content (AvgIpc) is 3.00. The van der Waals surface area contributed by atoms with Crippen LogP contribution in [0.15, 0.2) is 16.9 Å². The summed E-state index contributed by atoms with van der Waals surface area (Å²) in [4.78, 5) is 11.4. The summed E-state index contributed by atoms with van der Waals surface area (Å²) in [6, 6.07) is 3.21. The number of rotatable bonds is 3. The van der Waals surface area contributed by atoms with E-state index >= 15 is 0 Å². The number of aromatic nitrogens is 8. The van der Waals surface area contributed by atoms with E-state index in [1.807, 2.05) is 6.92 Å². The molecule has 0 saturated carbocycles. The van der Waals surface area contributed by atoms with Crippen molar-refractivity contribution in [2.45, 2.75) is 13.0 Å². The lowest BCUT2D eigenvalue weighted by Gasteiger charge is -2.09. The van der Waals surface area contributed by atoms with E-state index in [0.29, 0.717) is 17.3 Å². The van der Waals surface area contributed by atoms with E-state index in [1.165, 1.54) is 4.52 Å². The molecule has 1 atom stereocenters. The summed E-state index contributed by atoms with van der Waals surface area (Å²) in [5.74, 6) is 1.03. The lowest BCUT2D eigenvalue weighted by molar-refractivity contribution is 0.774. The summed E-state index contributed by atoms with van der Waals surface area (Å²) in [5, 5.41) is 26.8. The van der Waals surface area contributed by atoms with E-state index < -0.39 is 0 Å². The molecule has 0 aliphatic carbocycles. The minimum absolute atomic E-state index is 0.184. The maximum Gasteiger partial charge on any atom is 0.364 e. The first-order valence-corrected chi connectivity index (χ1v) is 5.18. The van der Waals surface area contributed by atoms with Gasteiger partial charge in [-0.25, -0.2) is 9.89 Å². The highest BCUT2D eigenvalue weighted by atomic mass is 16.2. The van der Waals surface area contributed by atoms with Crippen molar-refractivity contribution in [3.8, 4) is 0 Å². The van der Waals surface area contributed by atoms with Crippen molar-refractivity contribution in [1.82, 2.24) is 40.4 Å². The van der Waals surface area contributed by atoms with Gasteiger partial charge in [0.1, 0.15) is 5.82 Å². The molecule has 0 saturated heterocycles. The second-order valence-corrected chi connectivity index (χ2v) is 3.65. The number of hydrogen-bond acceptors (Lipinski definition) is 7. The minimum atomic E-state index is -0.388. The first-order chi connectivity index (χ1) is 8.74. The molecule has 10 heteroatoms. The molecule has 0 fully saturated rings. The molecule has 0 amide bonds. The van der Waals surface area contributed by atoms with Crippen LogP contribution in [-0.2, 0) is 0 Å². The molecule has 3 rings (SSSR count). The van der Waals surface area contributed by atoms with Crippen molar-refractivity contribution in [2.75, 3.05) is 5.32 Å².